The van der Waals surface area contributed by atoms with Gasteiger partial charge in [-0.2, -0.15) is 0 Å². The molecule has 17 heteroatoms. The van der Waals surface area contributed by atoms with Crippen LogP contribution in [0.2, 0.25) is 0 Å². The second-order valence-corrected chi connectivity index (χ2v) is 19.5. The van der Waals surface area contributed by atoms with Crippen molar-refractivity contribution in [2.24, 2.45) is 74.9 Å². The Balaban J connectivity index is 0.000000132. The van der Waals surface area contributed by atoms with E-state index in [-0.39, 0.29) is 43.0 Å². The maximum absolute atomic E-state index is 5.01. The molecule has 0 aliphatic carbocycles. The summed E-state index contributed by atoms with van der Waals surface area (Å²) in [6.45, 7) is 0. The third-order valence-electron chi connectivity index (χ3n) is 14.9. The predicted octanol–water partition coefficient (Wildman–Crippen LogP) is 9.50. The van der Waals surface area contributed by atoms with Crippen LogP contribution in [-0.2, 0) is 0 Å². The van der Waals surface area contributed by atoms with Gasteiger partial charge in [0.25, 0.3) is 0 Å². The minimum absolute atomic E-state index is 0. The van der Waals surface area contributed by atoms with Crippen molar-refractivity contribution in [1.29, 1.82) is 0 Å². The first-order valence-corrected chi connectivity index (χ1v) is 25.9. The van der Waals surface area contributed by atoms with E-state index in [9.17, 15) is 0 Å². The minimum Gasteiger partial charge on any atom is -0.344 e. The number of rotatable bonds is 0. The van der Waals surface area contributed by atoms with Gasteiger partial charge in [0, 0.05) is 126 Å². The van der Waals surface area contributed by atoms with Gasteiger partial charge < -0.3 is 5.32 Å². The first-order chi connectivity index (χ1) is 39.6. The Labute approximate surface area is 490 Å². The summed E-state index contributed by atoms with van der Waals surface area (Å²) < 4.78 is 0. The standard InChI is InChI=1S/C32H18N8.C32H16N8.Lu/c2*1-2-10-18-17(9-1)25-33-26(18)38-28-21-13-5-6-14-22(21)30(35-28)40-32-24-16-8-7-15-23(24)31(36-32)39-29-20-12-4-3-11-19(20)27(34-29)37-25;/h1-16,25H,(H,33,34,35,36,37,38,39,40);1-16H;/t25-;;/m1../s1. The Morgan fingerprint density at radius 3 is 0.642 bits per heavy atom. The number of hydrogen-bond donors (Lipinski definition) is 1. The number of nitrogens with one attached hydrogen (secondary N) is 1. The van der Waals surface area contributed by atoms with Gasteiger partial charge in [-0.15, -0.1) is 0 Å². The van der Waals surface area contributed by atoms with E-state index < -0.39 is 0 Å². The molecule has 0 fully saturated rings. The molecule has 18 rings (SSSR count). The molecule has 1 radical (unpaired) electrons. The Hall–Kier alpha value is -10.2. The van der Waals surface area contributed by atoms with Crippen molar-refractivity contribution in [2.75, 3.05) is 0 Å². The van der Waals surface area contributed by atoms with Crippen LogP contribution in [0.15, 0.2) is 269 Å². The maximum Gasteiger partial charge on any atom is 0.164 e. The van der Waals surface area contributed by atoms with Gasteiger partial charge in [0.2, 0.25) is 0 Å². The van der Waals surface area contributed by atoms with Crippen molar-refractivity contribution in [3.8, 4) is 0 Å². The molecule has 16 nitrogen and oxygen atoms in total. The summed E-state index contributed by atoms with van der Waals surface area (Å²) in [4.78, 5) is 73.9. The number of amidine groups is 15. The summed E-state index contributed by atoms with van der Waals surface area (Å²) in [5, 5.41) is 3.57. The molecule has 0 saturated carbocycles. The van der Waals surface area contributed by atoms with Crippen molar-refractivity contribution in [2.45, 2.75) is 6.17 Å². The minimum atomic E-state index is -0.358. The second-order valence-electron chi connectivity index (χ2n) is 19.5. The summed E-state index contributed by atoms with van der Waals surface area (Å²) in [6, 6.07) is 64.0. The molecule has 0 amide bonds. The molecule has 1 atom stereocenters. The number of nitrogens with zero attached hydrogens (tertiary/aromatic N) is 15. The molecule has 0 saturated heterocycles. The van der Waals surface area contributed by atoms with Crippen LogP contribution in [0.25, 0.3) is 0 Å². The molecule has 8 aromatic rings. The molecule has 10 heterocycles. The number of fused-ring (bicyclic) bond motifs is 32. The zero-order valence-electron chi connectivity index (χ0n) is 42.0. The van der Waals surface area contributed by atoms with Gasteiger partial charge in [0.05, 0.1) is 0 Å². The first kappa shape index (κ1) is 46.9. The Morgan fingerprint density at radius 1 is 0.198 bits per heavy atom. The van der Waals surface area contributed by atoms with E-state index in [2.05, 4.69) is 11.4 Å². The molecule has 8 aromatic carbocycles. The van der Waals surface area contributed by atoms with Gasteiger partial charge in [-0.05, 0) is 0 Å². The Kier molecular flexibility index (Phi) is 10.7. The van der Waals surface area contributed by atoms with Crippen LogP contribution in [0.4, 0.5) is 0 Å². The van der Waals surface area contributed by atoms with Crippen LogP contribution < -0.4 is 5.32 Å². The zero-order chi connectivity index (χ0) is 52.4. The SMILES string of the molecule is [Lu].c1ccc2c(c1)C1=NC2=NC2=NC(=NC3=NC(=NC4=NC(=N1)c1ccccc14)c1ccccc13)c1ccccc12.c1ccc2c(c1)C1=NC3=NC(=NC4=N[C@H](NC5=NC(=NC2=N1)c1ccccc15)c1ccccc14)c1ccccc13. The van der Waals surface area contributed by atoms with E-state index in [1.54, 1.807) is 0 Å². The third-order valence-corrected chi connectivity index (χ3v) is 14.9. The molecule has 10 aliphatic rings. The van der Waals surface area contributed by atoms with Crippen molar-refractivity contribution < 1.29 is 36.9 Å². The quantitative estimate of drug-likeness (QED) is 0.155. The van der Waals surface area contributed by atoms with Crippen molar-refractivity contribution in [3.63, 3.8) is 0 Å². The van der Waals surface area contributed by atoms with Gasteiger partial charge >= 0.3 is 0 Å². The fourth-order valence-electron chi connectivity index (χ4n) is 11.1. The first-order valence-electron chi connectivity index (χ1n) is 25.9. The van der Waals surface area contributed by atoms with Gasteiger partial charge in [0.1, 0.15) is 12.0 Å². The van der Waals surface area contributed by atoms with Gasteiger partial charge in [-0.25, -0.2) is 74.9 Å². The molecule has 0 spiro atoms. The van der Waals surface area contributed by atoms with Gasteiger partial charge in [0.15, 0.2) is 81.7 Å². The van der Waals surface area contributed by atoms with Gasteiger partial charge in [-0.1, -0.05) is 194 Å². The average Bonchev–Trinajstić information content (AvgIpc) is 4.52. The molecule has 81 heavy (non-hydrogen) atoms. The summed E-state index contributed by atoms with van der Waals surface area (Å²) in [5.74, 6) is 8.63. The monoisotopic (exact) mass is 1200 g/mol. The number of benzene rings is 8. The maximum atomic E-state index is 5.01. The Morgan fingerprint density at radius 2 is 0.383 bits per heavy atom. The number of hydrogen-bond acceptors (Lipinski definition) is 16. The van der Waals surface area contributed by atoms with Crippen LogP contribution in [-0.4, -0.2) is 87.5 Å². The average molecular weight is 1200 g/mol. The zero-order valence-corrected chi connectivity index (χ0v) is 43.7. The topological polar surface area (TPSA) is 197 Å². The Bertz CT molecular complexity index is 4420. The van der Waals surface area contributed by atoms with Crippen molar-refractivity contribution in [1.82, 2.24) is 5.32 Å². The van der Waals surface area contributed by atoms with Crippen molar-refractivity contribution in [3.05, 3.63) is 283 Å². The second kappa shape index (κ2) is 18.5. The third kappa shape index (κ3) is 7.59. The fourth-order valence-corrected chi connectivity index (χ4v) is 11.1. The number of aliphatic imine (C=N–C) groups is 15. The van der Waals surface area contributed by atoms with E-state index in [0.29, 0.717) is 87.5 Å². The van der Waals surface area contributed by atoms with Crippen LogP contribution >= 0.6 is 0 Å². The normalized spacial score (nSPS) is 17.9. The van der Waals surface area contributed by atoms with Gasteiger partial charge in [-0.3, -0.25) is 0 Å². The molecule has 10 aliphatic heterocycles. The molecular formula is C64H34LuN16. The molecule has 16 bridgehead atoms. The van der Waals surface area contributed by atoms with E-state index >= 15 is 0 Å². The molecule has 0 aromatic heterocycles. The smallest absolute Gasteiger partial charge is 0.164 e. The largest absolute Gasteiger partial charge is 0.344 e. The van der Waals surface area contributed by atoms with Crippen molar-refractivity contribution >= 4 is 87.5 Å². The van der Waals surface area contributed by atoms with Crippen LogP contribution in [0.1, 0.15) is 95.2 Å². The molecule has 385 valence electrons. The molecular weight excluding hydrogens is 1170 g/mol. The van der Waals surface area contributed by atoms with Crippen LogP contribution in [0.5, 0.6) is 0 Å². The summed E-state index contributed by atoms with van der Waals surface area (Å²) >= 11 is 0. The van der Waals surface area contributed by atoms with E-state index in [0.717, 1.165) is 89.0 Å². The summed E-state index contributed by atoms with van der Waals surface area (Å²) in [7, 11) is 0. The van der Waals surface area contributed by atoms with E-state index in [1.807, 2.05) is 188 Å². The molecule has 1 N–H and O–H groups in total. The molecule has 0 unspecified atom stereocenters. The van der Waals surface area contributed by atoms with E-state index in [1.165, 1.54) is 0 Å². The predicted molar refractivity (Wildman–Crippen MR) is 315 cm³/mol. The van der Waals surface area contributed by atoms with Crippen LogP contribution in [0, 0.1) is 36.9 Å². The van der Waals surface area contributed by atoms with Crippen LogP contribution in [0.3, 0.4) is 0 Å². The van der Waals surface area contributed by atoms with E-state index in [4.69, 9.17) is 74.9 Å². The summed E-state index contributed by atoms with van der Waals surface area (Å²) in [5.41, 5.74) is 14.7. The summed E-state index contributed by atoms with van der Waals surface area (Å²) in [6.07, 6.45) is -0.358. The fraction of sp³-hybridized carbons (Fsp3) is 0.0156.